The molecule has 0 heterocycles. The van der Waals surface area contributed by atoms with Crippen LogP contribution in [0.1, 0.15) is 59.3 Å². The molecule has 2 unspecified atom stereocenters. The number of carbonyl (C=O) groups excluding carboxylic acids is 2. The standard InChI is InChI=1S/C18H30O3S3/c1-13(19)23-10-7-17-5-4-16(6-9-21-15(3)22)12-18(17)8-11-24-14(2)20/h16-18H,4-12H2,1-3H3/t16?,17?,18-/m1/s1. The Kier molecular flexibility index (Phi) is 11.3. The van der Waals surface area contributed by atoms with Gasteiger partial charge in [0.1, 0.15) is 0 Å². The molecule has 0 aliphatic heterocycles. The van der Waals surface area contributed by atoms with E-state index in [0.29, 0.717) is 22.8 Å². The summed E-state index contributed by atoms with van der Waals surface area (Å²) in [5.41, 5.74) is 0. The third-order valence-electron chi connectivity index (χ3n) is 4.67. The van der Waals surface area contributed by atoms with Crippen molar-refractivity contribution in [2.24, 2.45) is 17.8 Å². The summed E-state index contributed by atoms with van der Waals surface area (Å²) in [5.74, 6) is 3.89. The van der Waals surface area contributed by atoms with Crippen molar-refractivity contribution in [3.63, 3.8) is 0 Å². The van der Waals surface area contributed by atoms with Crippen LogP contribution in [0.3, 0.4) is 0 Å². The van der Waals surface area contributed by atoms with E-state index in [2.05, 4.69) is 0 Å². The second-order valence-electron chi connectivity index (χ2n) is 6.59. The van der Waals surface area contributed by atoms with Gasteiger partial charge in [0.05, 0.1) is 6.61 Å². The van der Waals surface area contributed by atoms with Gasteiger partial charge in [-0.1, -0.05) is 29.9 Å². The van der Waals surface area contributed by atoms with Crippen LogP contribution in [0, 0.1) is 17.8 Å². The first kappa shape index (κ1) is 22.0. The Labute approximate surface area is 160 Å². The molecule has 1 rings (SSSR count). The van der Waals surface area contributed by atoms with Gasteiger partial charge in [0.25, 0.3) is 0 Å². The number of thioether (sulfide) groups is 2. The predicted octanol–water partition coefficient (Wildman–Crippen LogP) is 5.11. The smallest absolute Gasteiger partial charge is 0.185 e. The quantitative estimate of drug-likeness (QED) is 0.510. The summed E-state index contributed by atoms with van der Waals surface area (Å²) in [4.78, 5) is 22.3. The van der Waals surface area contributed by atoms with Crippen molar-refractivity contribution < 1.29 is 14.3 Å². The average molecular weight is 391 g/mol. The van der Waals surface area contributed by atoms with Crippen molar-refractivity contribution in [1.29, 1.82) is 0 Å². The number of ether oxygens (including phenoxy) is 1. The van der Waals surface area contributed by atoms with Crippen LogP contribution in [0.5, 0.6) is 0 Å². The van der Waals surface area contributed by atoms with Crippen molar-refractivity contribution in [3.8, 4) is 0 Å². The molecule has 0 bridgehead atoms. The molecule has 0 amide bonds. The lowest BCUT2D eigenvalue weighted by atomic mass is 9.71. The molecular formula is C18H30O3S3. The molecule has 0 N–H and O–H groups in total. The van der Waals surface area contributed by atoms with E-state index in [1.807, 2.05) is 6.92 Å². The maximum Gasteiger partial charge on any atom is 0.185 e. The van der Waals surface area contributed by atoms with Gasteiger partial charge in [0, 0.05) is 32.3 Å². The van der Waals surface area contributed by atoms with Gasteiger partial charge in [-0.05, 0) is 62.1 Å². The molecule has 0 radical (unpaired) electrons. The summed E-state index contributed by atoms with van der Waals surface area (Å²) in [6, 6.07) is 0. The fourth-order valence-corrected chi connectivity index (χ4v) is 5.00. The summed E-state index contributed by atoms with van der Waals surface area (Å²) in [7, 11) is 0. The van der Waals surface area contributed by atoms with Crippen LogP contribution in [-0.2, 0) is 14.3 Å². The van der Waals surface area contributed by atoms with Gasteiger partial charge in [0.15, 0.2) is 15.3 Å². The summed E-state index contributed by atoms with van der Waals surface area (Å²) < 4.78 is 5.45. The van der Waals surface area contributed by atoms with E-state index in [-0.39, 0.29) is 10.2 Å². The minimum atomic E-state index is 0.205. The molecular weight excluding hydrogens is 360 g/mol. The highest BCUT2D eigenvalue weighted by Gasteiger charge is 2.30. The summed E-state index contributed by atoms with van der Waals surface area (Å²) in [5, 5.41) is 1.04. The maximum atomic E-state index is 11.2. The molecule has 1 aliphatic rings. The lowest BCUT2D eigenvalue weighted by molar-refractivity contribution is -0.109. The van der Waals surface area contributed by atoms with E-state index in [4.69, 9.17) is 17.0 Å². The highest BCUT2D eigenvalue weighted by molar-refractivity contribution is 8.13. The van der Waals surface area contributed by atoms with Crippen molar-refractivity contribution in [2.75, 3.05) is 18.1 Å². The van der Waals surface area contributed by atoms with Crippen LogP contribution < -0.4 is 0 Å². The van der Waals surface area contributed by atoms with E-state index in [1.165, 1.54) is 42.8 Å². The molecule has 0 aromatic rings. The van der Waals surface area contributed by atoms with Crippen LogP contribution in [0.4, 0.5) is 0 Å². The SMILES string of the molecule is CC(=O)SCCC1CCC(CCOC(C)=S)C[C@H]1CCSC(C)=O. The molecule has 0 saturated heterocycles. The molecule has 0 spiro atoms. The Morgan fingerprint density at radius 1 is 0.958 bits per heavy atom. The van der Waals surface area contributed by atoms with Crippen molar-refractivity contribution >= 4 is 51.0 Å². The molecule has 0 aromatic heterocycles. The van der Waals surface area contributed by atoms with Gasteiger partial charge < -0.3 is 4.74 Å². The number of hydrogen-bond acceptors (Lipinski definition) is 6. The van der Waals surface area contributed by atoms with Gasteiger partial charge in [-0.2, -0.15) is 0 Å². The Morgan fingerprint density at radius 3 is 2.08 bits per heavy atom. The molecule has 0 aromatic carbocycles. The first-order valence-electron chi connectivity index (χ1n) is 8.78. The summed E-state index contributed by atoms with van der Waals surface area (Å²) in [6.45, 7) is 5.82. The largest absolute Gasteiger partial charge is 0.487 e. The zero-order valence-corrected chi connectivity index (χ0v) is 17.5. The Bertz CT molecular complexity index is 426. The third-order valence-corrected chi connectivity index (χ3v) is 6.48. The minimum absolute atomic E-state index is 0.205. The van der Waals surface area contributed by atoms with Gasteiger partial charge in [-0.15, -0.1) is 0 Å². The fourth-order valence-electron chi connectivity index (χ4n) is 3.50. The van der Waals surface area contributed by atoms with Gasteiger partial charge in [-0.25, -0.2) is 0 Å². The second-order valence-corrected chi connectivity index (χ2v) is 9.70. The number of thiocarbonyl (C=S) groups is 1. The highest BCUT2D eigenvalue weighted by Crippen LogP contribution is 2.40. The Hall–Kier alpha value is -0.0700. The minimum Gasteiger partial charge on any atom is -0.487 e. The predicted molar refractivity (Wildman–Crippen MR) is 109 cm³/mol. The van der Waals surface area contributed by atoms with E-state index in [1.54, 1.807) is 13.8 Å². The summed E-state index contributed by atoms with van der Waals surface area (Å²) >= 11 is 7.85. The normalized spacial score (nSPS) is 23.7. The highest BCUT2D eigenvalue weighted by atomic mass is 32.2. The molecule has 1 aliphatic carbocycles. The number of rotatable bonds is 9. The number of carbonyl (C=O) groups is 2. The lowest BCUT2D eigenvalue weighted by Crippen LogP contribution is -2.27. The van der Waals surface area contributed by atoms with E-state index in [9.17, 15) is 9.59 Å². The molecule has 3 atom stereocenters. The van der Waals surface area contributed by atoms with Crippen LogP contribution in [0.15, 0.2) is 0 Å². The average Bonchev–Trinajstić information content (AvgIpc) is 2.48. The van der Waals surface area contributed by atoms with E-state index in [0.717, 1.165) is 37.4 Å². The van der Waals surface area contributed by atoms with Gasteiger partial charge >= 0.3 is 0 Å². The lowest BCUT2D eigenvalue weighted by Gasteiger charge is -2.36. The van der Waals surface area contributed by atoms with E-state index < -0.39 is 0 Å². The molecule has 6 heteroatoms. The zero-order valence-electron chi connectivity index (χ0n) is 15.0. The summed E-state index contributed by atoms with van der Waals surface area (Å²) in [6.07, 6.45) is 6.97. The van der Waals surface area contributed by atoms with Crippen molar-refractivity contribution in [3.05, 3.63) is 0 Å². The third kappa shape index (κ3) is 10.0. The van der Waals surface area contributed by atoms with Crippen LogP contribution >= 0.6 is 35.7 Å². The topological polar surface area (TPSA) is 43.4 Å². The van der Waals surface area contributed by atoms with Crippen molar-refractivity contribution in [2.45, 2.75) is 59.3 Å². The Morgan fingerprint density at radius 2 is 1.54 bits per heavy atom. The van der Waals surface area contributed by atoms with Crippen molar-refractivity contribution in [1.82, 2.24) is 0 Å². The monoisotopic (exact) mass is 390 g/mol. The molecule has 3 nitrogen and oxygen atoms in total. The number of hydrogen-bond donors (Lipinski definition) is 0. The first-order chi connectivity index (χ1) is 11.4. The Balaban J connectivity index is 2.46. The molecule has 24 heavy (non-hydrogen) atoms. The van der Waals surface area contributed by atoms with Crippen LogP contribution in [-0.4, -0.2) is 33.4 Å². The van der Waals surface area contributed by atoms with Crippen LogP contribution in [0.2, 0.25) is 0 Å². The molecule has 1 fully saturated rings. The molecule has 1 saturated carbocycles. The molecule has 138 valence electrons. The van der Waals surface area contributed by atoms with Crippen LogP contribution in [0.25, 0.3) is 0 Å². The second kappa shape index (κ2) is 12.3. The zero-order chi connectivity index (χ0) is 17.9. The van der Waals surface area contributed by atoms with Gasteiger partial charge in [0.2, 0.25) is 0 Å². The fraction of sp³-hybridized carbons (Fsp3) is 0.833. The van der Waals surface area contributed by atoms with Gasteiger partial charge in [-0.3, -0.25) is 9.59 Å². The first-order valence-corrected chi connectivity index (χ1v) is 11.2. The maximum absolute atomic E-state index is 11.2. The van der Waals surface area contributed by atoms with E-state index >= 15 is 0 Å².